The highest BCUT2D eigenvalue weighted by molar-refractivity contribution is 7.47. The largest absolute Gasteiger partial charge is 0.0819 e. The minimum atomic E-state index is -1.48. The first-order chi connectivity index (χ1) is 10.7. The summed E-state index contributed by atoms with van der Waals surface area (Å²) in [7, 11) is -5.44. The van der Waals surface area contributed by atoms with E-state index < -0.39 is 31.3 Å². The van der Waals surface area contributed by atoms with Crippen molar-refractivity contribution in [3.8, 4) is 0 Å². The maximum Gasteiger partial charge on any atom is 0.0785 e. The molecule has 24 heavy (non-hydrogen) atoms. The molecule has 0 aromatic carbocycles. The molecule has 0 aliphatic heterocycles. The van der Waals surface area contributed by atoms with Gasteiger partial charge in [0.15, 0.2) is 0 Å². The van der Waals surface area contributed by atoms with Crippen molar-refractivity contribution in [3.63, 3.8) is 0 Å². The van der Waals surface area contributed by atoms with E-state index in [0.717, 1.165) is 0 Å². The second kappa shape index (κ2) is 6.22. The van der Waals surface area contributed by atoms with Crippen molar-refractivity contribution in [2.75, 3.05) is 0 Å². The van der Waals surface area contributed by atoms with Crippen molar-refractivity contribution in [3.05, 3.63) is 45.1 Å². The second-order valence-corrected chi connectivity index (χ2v) is 35.8. The zero-order chi connectivity index (χ0) is 18.6. The minimum Gasteiger partial charge on any atom is -0.0819 e. The van der Waals surface area contributed by atoms with Gasteiger partial charge in [-0.2, -0.15) is 0 Å². The van der Waals surface area contributed by atoms with Gasteiger partial charge in [0.2, 0.25) is 0 Å². The molecule has 0 amide bonds. The summed E-state index contributed by atoms with van der Waals surface area (Å²) in [5, 5.41) is 7.25. The Morgan fingerprint density at radius 3 is 0.958 bits per heavy atom. The molecule has 2 aliphatic carbocycles. The molecular weight excluding hydrogens is 353 g/mol. The lowest BCUT2D eigenvalue weighted by atomic mass is 10.5. The van der Waals surface area contributed by atoms with Gasteiger partial charge in [-0.25, -0.2) is 0 Å². The van der Waals surface area contributed by atoms with Crippen LogP contribution in [0.1, 0.15) is 12.8 Å². The zero-order valence-electron chi connectivity index (χ0n) is 17.7. The molecule has 0 spiro atoms. The predicted octanol–water partition coefficient (Wildman–Crippen LogP) is 6.83. The lowest BCUT2D eigenvalue weighted by Crippen LogP contribution is -2.60. The van der Waals surface area contributed by atoms with Crippen LogP contribution >= 0.6 is 0 Å². The Bertz CT molecular complexity index is 586. The van der Waals surface area contributed by atoms with Gasteiger partial charge in [0, 0.05) is 0 Å². The molecule has 0 saturated carbocycles. The molecule has 2 aliphatic rings. The summed E-state index contributed by atoms with van der Waals surface area (Å²) in [5.41, 5.74) is 0. The SMILES string of the molecule is C[Si](C)(C)C1=CCC=C1[Si](C)(C)[Si](C)(C)C1=CCC=C1[Si](C)(C)C. The van der Waals surface area contributed by atoms with Gasteiger partial charge in [0.25, 0.3) is 0 Å². The van der Waals surface area contributed by atoms with Gasteiger partial charge in [-0.15, -0.1) is 0 Å². The first-order valence-corrected chi connectivity index (χ1v) is 23.5. The molecular formula is C20H38Si4. The van der Waals surface area contributed by atoms with Crippen LogP contribution in [0.3, 0.4) is 0 Å². The predicted molar refractivity (Wildman–Crippen MR) is 123 cm³/mol. The molecule has 0 atom stereocenters. The van der Waals surface area contributed by atoms with E-state index in [0.29, 0.717) is 0 Å². The quantitative estimate of drug-likeness (QED) is 0.451. The smallest absolute Gasteiger partial charge is 0.0785 e. The third kappa shape index (κ3) is 3.39. The molecule has 0 fully saturated rings. The zero-order valence-corrected chi connectivity index (χ0v) is 21.7. The number of hydrogen-bond donors (Lipinski definition) is 0. The van der Waals surface area contributed by atoms with Crippen LogP contribution < -0.4 is 0 Å². The van der Waals surface area contributed by atoms with Gasteiger partial charge in [-0.05, 0) is 12.8 Å². The normalized spacial score (nSPS) is 19.9. The van der Waals surface area contributed by atoms with Crippen LogP contribution in [-0.4, -0.2) is 31.3 Å². The van der Waals surface area contributed by atoms with Crippen LogP contribution in [0.2, 0.25) is 65.5 Å². The van der Waals surface area contributed by atoms with Gasteiger partial charge in [0.05, 0.1) is 31.3 Å². The fourth-order valence-corrected chi connectivity index (χ4v) is 22.1. The van der Waals surface area contributed by atoms with E-state index in [1.807, 2.05) is 10.4 Å². The molecule has 0 unspecified atom stereocenters. The van der Waals surface area contributed by atoms with Gasteiger partial charge < -0.3 is 0 Å². The highest BCUT2D eigenvalue weighted by Gasteiger charge is 2.50. The molecule has 4 heteroatoms. The summed E-state index contributed by atoms with van der Waals surface area (Å²) in [5.74, 6) is 0. The average molecular weight is 391 g/mol. The Morgan fingerprint density at radius 2 is 0.708 bits per heavy atom. The summed E-state index contributed by atoms with van der Waals surface area (Å²) < 4.78 is 0. The third-order valence-corrected chi connectivity index (χ3v) is 28.8. The summed E-state index contributed by atoms with van der Waals surface area (Å²) in [6.45, 7) is 25.9. The van der Waals surface area contributed by atoms with Crippen molar-refractivity contribution in [2.24, 2.45) is 0 Å². The minimum absolute atomic E-state index is 1.19. The molecule has 2 rings (SSSR count). The number of hydrogen-bond acceptors (Lipinski definition) is 0. The maximum absolute atomic E-state index is 2.69. The van der Waals surface area contributed by atoms with E-state index in [1.54, 1.807) is 10.4 Å². The van der Waals surface area contributed by atoms with Crippen molar-refractivity contribution < 1.29 is 0 Å². The molecule has 0 heterocycles. The molecule has 0 nitrogen and oxygen atoms in total. The summed E-state index contributed by atoms with van der Waals surface area (Å²) in [4.78, 5) is 0. The lowest BCUT2D eigenvalue weighted by Gasteiger charge is -2.45. The van der Waals surface area contributed by atoms with Crippen LogP contribution in [0.15, 0.2) is 45.1 Å². The number of allylic oxidation sites excluding steroid dienone is 8. The van der Waals surface area contributed by atoms with Crippen molar-refractivity contribution in [1.82, 2.24) is 0 Å². The summed E-state index contributed by atoms with van der Waals surface area (Å²) >= 11 is 0. The Morgan fingerprint density at radius 1 is 0.458 bits per heavy atom. The van der Waals surface area contributed by atoms with Crippen molar-refractivity contribution in [1.29, 1.82) is 0 Å². The first kappa shape index (κ1) is 20.1. The summed E-state index contributed by atoms with van der Waals surface area (Å²) in [6, 6.07) is 0. The third-order valence-electron chi connectivity index (χ3n) is 6.39. The molecule has 0 saturated heterocycles. The molecule has 0 N–H and O–H groups in total. The highest BCUT2D eigenvalue weighted by atomic mass is 29.3. The van der Waals surface area contributed by atoms with Gasteiger partial charge >= 0.3 is 0 Å². The van der Waals surface area contributed by atoms with E-state index in [-0.39, 0.29) is 0 Å². The Balaban J connectivity index is 2.46. The maximum atomic E-state index is 2.69. The fraction of sp³-hybridized carbons (Fsp3) is 0.600. The Labute approximate surface area is 154 Å². The Hall–Kier alpha value is -0.172. The fourth-order valence-electron chi connectivity index (χ4n) is 4.31. The van der Waals surface area contributed by atoms with E-state index in [4.69, 9.17) is 0 Å². The topological polar surface area (TPSA) is 0 Å². The van der Waals surface area contributed by atoms with Crippen LogP contribution in [0.25, 0.3) is 0 Å². The first-order valence-electron chi connectivity index (χ1n) is 9.54. The van der Waals surface area contributed by atoms with Crippen molar-refractivity contribution >= 4 is 31.3 Å². The van der Waals surface area contributed by atoms with Gasteiger partial charge in [0.1, 0.15) is 0 Å². The van der Waals surface area contributed by atoms with Crippen LogP contribution in [0, 0.1) is 0 Å². The Kier molecular flexibility index (Phi) is 5.22. The monoisotopic (exact) mass is 390 g/mol. The van der Waals surface area contributed by atoms with Gasteiger partial charge in [-0.1, -0.05) is 111 Å². The molecule has 134 valence electrons. The molecule has 0 bridgehead atoms. The summed E-state index contributed by atoms with van der Waals surface area (Å²) in [6.07, 6.45) is 12.7. The van der Waals surface area contributed by atoms with Gasteiger partial charge in [-0.3, -0.25) is 0 Å². The van der Waals surface area contributed by atoms with E-state index in [9.17, 15) is 0 Å². The standard InChI is InChI=1S/C20H38Si4/c1-21(2,3)17-13-11-15-19(17)23(7,8)24(9,10)20-16-12-14-18(20)22(4,5)6/h13-16H,11-12H2,1-10H3. The van der Waals surface area contributed by atoms with E-state index >= 15 is 0 Å². The van der Waals surface area contributed by atoms with Crippen molar-refractivity contribution in [2.45, 2.75) is 78.3 Å². The number of rotatable bonds is 5. The van der Waals surface area contributed by atoms with Crippen LogP contribution in [0.5, 0.6) is 0 Å². The van der Waals surface area contributed by atoms with Crippen LogP contribution in [-0.2, 0) is 0 Å². The lowest BCUT2D eigenvalue weighted by molar-refractivity contribution is 1.44. The molecule has 0 radical (unpaired) electrons. The second-order valence-electron chi connectivity index (χ2n) is 10.7. The van der Waals surface area contributed by atoms with E-state index in [2.05, 4.69) is 89.8 Å². The molecule has 0 aromatic heterocycles. The highest BCUT2D eigenvalue weighted by Crippen LogP contribution is 2.44. The van der Waals surface area contributed by atoms with Crippen LogP contribution in [0.4, 0.5) is 0 Å². The molecule has 0 aromatic rings. The average Bonchev–Trinajstić information content (AvgIpc) is 3.06. The van der Waals surface area contributed by atoms with E-state index in [1.165, 1.54) is 12.8 Å².